The maximum absolute atomic E-state index is 12.5. The van der Waals surface area contributed by atoms with Gasteiger partial charge in [-0.2, -0.15) is 0 Å². The van der Waals surface area contributed by atoms with Gasteiger partial charge in [0.1, 0.15) is 16.8 Å². The highest BCUT2D eigenvalue weighted by molar-refractivity contribution is 7.10. The molecule has 2 heterocycles. The molecule has 0 radical (unpaired) electrons. The van der Waals surface area contributed by atoms with Crippen LogP contribution in [0.15, 0.2) is 41.9 Å². The minimum Gasteiger partial charge on any atom is -0.497 e. The van der Waals surface area contributed by atoms with Crippen molar-refractivity contribution in [1.29, 1.82) is 0 Å². The fraction of sp³-hybridized carbons (Fsp3) is 0.278. The molecule has 0 bridgehead atoms. The van der Waals surface area contributed by atoms with E-state index in [2.05, 4.69) is 10.3 Å². The van der Waals surface area contributed by atoms with E-state index in [4.69, 9.17) is 4.74 Å². The number of nitrogens with one attached hydrogen (secondary N) is 1. The van der Waals surface area contributed by atoms with Gasteiger partial charge in [0.25, 0.3) is 0 Å². The van der Waals surface area contributed by atoms with Gasteiger partial charge in [0.05, 0.1) is 7.11 Å². The Morgan fingerprint density at radius 3 is 2.84 bits per heavy atom. The van der Waals surface area contributed by atoms with Crippen molar-refractivity contribution in [2.24, 2.45) is 0 Å². The van der Waals surface area contributed by atoms with Crippen LogP contribution in [0.25, 0.3) is 6.08 Å². The van der Waals surface area contributed by atoms with Gasteiger partial charge in [-0.25, -0.2) is 4.98 Å². The smallest absolute Gasteiger partial charge is 0.247 e. The van der Waals surface area contributed by atoms with Crippen LogP contribution in [0.5, 0.6) is 5.75 Å². The molecule has 1 atom stereocenters. The van der Waals surface area contributed by atoms with E-state index in [1.807, 2.05) is 5.38 Å². The lowest BCUT2D eigenvalue weighted by atomic mass is 10.2. The molecule has 130 valence electrons. The Kier molecular flexibility index (Phi) is 5.45. The lowest BCUT2D eigenvalue weighted by Gasteiger charge is -2.22. The van der Waals surface area contributed by atoms with Crippen LogP contribution in [0.2, 0.25) is 0 Å². The van der Waals surface area contributed by atoms with Crippen molar-refractivity contribution in [2.75, 3.05) is 19.0 Å². The van der Waals surface area contributed by atoms with E-state index in [-0.39, 0.29) is 11.8 Å². The first-order chi connectivity index (χ1) is 12.2. The zero-order valence-electron chi connectivity index (χ0n) is 13.8. The molecular formula is C18H19N3O3S. The number of benzene rings is 1. The third kappa shape index (κ3) is 4.24. The Morgan fingerprint density at radius 1 is 1.36 bits per heavy atom. The van der Waals surface area contributed by atoms with Crippen molar-refractivity contribution in [1.82, 2.24) is 9.88 Å². The van der Waals surface area contributed by atoms with E-state index < -0.39 is 6.04 Å². The van der Waals surface area contributed by atoms with Gasteiger partial charge in [0.2, 0.25) is 11.8 Å². The zero-order chi connectivity index (χ0) is 17.6. The van der Waals surface area contributed by atoms with Crippen molar-refractivity contribution < 1.29 is 14.3 Å². The molecular weight excluding hydrogens is 338 g/mol. The Labute approximate surface area is 150 Å². The summed E-state index contributed by atoms with van der Waals surface area (Å²) in [6.07, 6.45) is 6.34. The van der Waals surface area contributed by atoms with Gasteiger partial charge < -0.3 is 15.0 Å². The number of aromatic nitrogens is 1. The number of hydrogen-bond acceptors (Lipinski definition) is 5. The van der Waals surface area contributed by atoms with Crippen LogP contribution in [0.3, 0.4) is 0 Å². The summed E-state index contributed by atoms with van der Waals surface area (Å²) in [5.41, 5.74) is 0.684. The fourth-order valence-electron chi connectivity index (χ4n) is 2.76. The van der Waals surface area contributed by atoms with Crippen LogP contribution >= 0.6 is 11.3 Å². The third-order valence-corrected chi connectivity index (χ3v) is 4.76. The molecule has 1 N–H and O–H groups in total. The van der Waals surface area contributed by atoms with E-state index >= 15 is 0 Å². The van der Waals surface area contributed by atoms with E-state index in [9.17, 15) is 9.59 Å². The zero-order valence-corrected chi connectivity index (χ0v) is 14.7. The first-order valence-electron chi connectivity index (χ1n) is 8.00. The molecule has 1 aromatic carbocycles. The predicted octanol–water partition coefficient (Wildman–Crippen LogP) is 2.79. The summed E-state index contributed by atoms with van der Waals surface area (Å²) in [5, 5.41) is 5.49. The van der Waals surface area contributed by atoms with Crippen molar-refractivity contribution >= 4 is 34.9 Å². The Bertz CT molecular complexity index is 756. The summed E-state index contributed by atoms with van der Waals surface area (Å²) in [4.78, 5) is 30.7. The minimum absolute atomic E-state index is 0.164. The maximum Gasteiger partial charge on any atom is 0.247 e. The number of nitrogens with zero attached hydrogens (tertiary/aromatic N) is 2. The number of methoxy groups -OCH3 is 1. The van der Waals surface area contributed by atoms with E-state index in [0.717, 1.165) is 17.2 Å². The molecule has 7 heteroatoms. The Balaban J connectivity index is 1.63. The molecule has 25 heavy (non-hydrogen) atoms. The van der Waals surface area contributed by atoms with Gasteiger partial charge in [-0.3, -0.25) is 9.59 Å². The summed E-state index contributed by atoms with van der Waals surface area (Å²) in [6.45, 7) is 0.585. The largest absolute Gasteiger partial charge is 0.497 e. The van der Waals surface area contributed by atoms with Crippen LogP contribution in [-0.4, -0.2) is 41.4 Å². The molecule has 1 saturated heterocycles. The monoisotopic (exact) mass is 357 g/mol. The molecule has 0 saturated carbocycles. The minimum atomic E-state index is -0.449. The average molecular weight is 357 g/mol. The highest BCUT2D eigenvalue weighted by atomic mass is 32.1. The third-order valence-electron chi connectivity index (χ3n) is 4.02. The van der Waals surface area contributed by atoms with E-state index in [1.165, 1.54) is 17.4 Å². The summed E-state index contributed by atoms with van der Waals surface area (Å²) >= 11 is 1.46. The second-order valence-electron chi connectivity index (χ2n) is 5.61. The van der Waals surface area contributed by atoms with Crippen LogP contribution in [0, 0.1) is 0 Å². The normalized spacial score (nSPS) is 17.0. The SMILES string of the molecule is COc1ccc(NC(=O)[C@H]2CCCN2C(=O)/C=C\c2nccs2)cc1. The number of thiazole rings is 1. The number of amides is 2. The summed E-state index contributed by atoms with van der Waals surface area (Å²) in [5.74, 6) is 0.393. The molecule has 2 aromatic rings. The van der Waals surface area contributed by atoms with Crippen molar-refractivity contribution in [3.63, 3.8) is 0 Å². The van der Waals surface area contributed by atoms with Crippen LogP contribution in [0.1, 0.15) is 17.8 Å². The molecule has 1 aliphatic rings. The number of likely N-dealkylation sites (tertiary alicyclic amines) is 1. The molecule has 6 nitrogen and oxygen atoms in total. The summed E-state index contributed by atoms with van der Waals surface area (Å²) in [7, 11) is 1.59. The van der Waals surface area contributed by atoms with Gasteiger partial charge in [0.15, 0.2) is 0 Å². The molecule has 0 spiro atoms. The highest BCUT2D eigenvalue weighted by Gasteiger charge is 2.33. The molecule has 1 fully saturated rings. The summed E-state index contributed by atoms with van der Waals surface area (Å²) in [6, 6.07) is 6.67. The molecule has 0 unspecified atom stereocenters. The van der Waals surface area contributed by atoms with Gasteiger partial charge in [-0.05, 0) is 43.2 Å². The number of carbonyl (C=O) groups is 2. The number of rotatable bonds is 5. The standard InChI is InChI=1S/C18H19N3O3S/c1-24-14-6-4-13(5-7-14)20-18(23)15-3-2-11-21(15)17(22)9-8-16-19-10-12-25-16/h4-10,12,15H,2-3,11H2,1H3,(H,20,23)/b9-8-/t15-/m1/s1. The first-order valence-corrected chi connectivity index (χ1v) is 8.88. The topological polar surface area (TPSA) is 71.5 Å². The Morgan fingerprint density at radius 2 is 2.16 bits per heavy atom. The van der Waals surface area contributed by atoms with Crippen molar-refractivity contribution in [3.05, 3.63) is 46.9 Å². The lowest BCUT2D eigenvalue weighted by Crippen LogP contribution is -2.42. The van der Waals surface area contributed by atoms with Gasteiger partial charge in [-0.1, -0.05) is 0 Å². The Hall–Kier alpha value is -2.67. The molecule has 1 aliphatic heterocycles. The molecule has 3 rings (SSSR count). The van der Waals surface area contributed by atoms with Gasteiger partial charge in [0, 0.05) is 29.9 Å². The number of hydrogen-bond donors (Lipinski definition) is 1. The van der Waals surface area contributed by atoms with Crippen molar-refractivity contribution in [2.45, 2.75) is 18.9 Å². The second kappa shape index (κ2) is 7.94. The average Bonchev–Trinajstić information content (AvgIpc) is 3.32. The van der Waals surface area contributed by atoms with Crippen LogP contribution < -0.4 is 10.1 Å². The van der Waals surface area contributed by atoms with Crippen LogP contribution in [-0.2, 0) is 9.59 Å². The van der Waals surface area contributed by atoms with Gasteiger partial charge in [-0.15, -0.1) is 11.3 Å². The first kappa shape index (κ1) is 17.2. The van der Waals surface area contributed by atoms with E-state index in [0.29, 0.717) is 18.7 Å². The molecule has 1 aromatic heterocycles. The van der Waals surface area contributed by atoms with E-state index in [1.54, 1.807) is 48.5 Å². The number of carbonyl (C=O) groups excluding carboxylic acids is 2. The molecule has 2 amide bonds. The number of anilines is 1. The highest BCUT2D eigenvalue weighted by Crippen LogP contribution is 2.21. The quantitative estimate of drug-likeness (QED) is 0.835. The predicted molar refractivity (Wildman–Crippen MR) is 97.5 cm³/mol. The number of ether oxygens (including phenoxy) is 1. The summed E-state index contributed by atoms with van der Waals surface area (Å²) < 4.78 is 5.10. The second-order valence-corrected chi connectivity index (χ2v) is 6.54. The maximum atomic E-state index is 12.5. The fourth-order valence-corrected chi connectivity index (χ4v) is 3.29. The van der Waals surface area contributed by atoms with Crippen molar-refractivity contribution in [3.8, 4) is 5.75 Å². The van der Waals surface area contributed by atoms with Crippen LogP contribution in [0.4, 0.5) is 5.69 Å². The lowest BCUT2D eigenvalue weighted by molar-refractivity contribution is -0.132. The molecule has 0 aliphatic carbocycles. The van der Waals surface area contributed by atoms with Gasteiger partial charge >= 0.3 is 0 Å².